The van der Waals surface area contributed by atoms with E-state index in [1.807, 2.05) is 18.2 Å². The van der Waals surface area contributed by atoms with Crippen molar-refractivity contribution >= 4 is 93.7 Å². The maximum Gasteiger partial charge on any atom is 0.147 e. The maximum atomic E-state index is 6.81. The zero-order chi connectivity index (χ0) is 36.7. The predicted molar refractivity (Wildman–Crippen MR) is 231 cm³/mol. The molecule has 12 rings (SSSR count). The van der Waals surface area contributed by atoms with E-state index in [0.29, 0.717) is 0 Å². The highest BCUT2D eigenvalue weighted by Crippen LogP contribution is 2.46. The van der Waals surface area contributed by atoms with Gasteiger partial charge in [0.2, 0.25) is 0 Å². The lowest BCUT2D eigenvalue weighted by Crippen LogP contribution is -2.10. The fourth-order valence-corrected chi connectivity index (χ4v) is 8.66. The molecular formula is C52H31NO3. The average molecular weight is 718 g/mol. The van der Waals surface area contributed by atoms with Crippen LogP contribution in [0.3, 0.4) is 0 Å². The highest BCUT2D eigenvalue weighted by molar-refractivity contribution is 6.23. The Kier molecular flexibility index (Phi) is 6.60. The number of para-hydroxylation sites is 2. The summed E-state index contributed by atoms with van der Waals surface area (Å²) in [5, 5.41) is 8.67. The molecule has 0 saturated heterocycles. The van der Waals surface area contributed by atoms with E-state index in [1.165, 1.54) is 11.1 Å². The number of fused-ring (bicyclic) bond motifs is 12. The van der Waals surface area contributed by atoms with Crippen LogP contribution in [0, 0.1) is 0 Å². The summed E-state index contributed by atoms with van der Waals surface area (Å²) in [5.74, 6) is 0. The van der Waals surface area contributed by atoms with E-state index in [1.54, 1.807) is 0 Å². The zero-order valence-electron chi connectivity index (χ0n) is 30.1. The van der Waals surface area contributed by atoms with Crippen LogP contribution in [0.2, 0.25) is 0 Å². The molecule has 3 aromatic heterocycles. The first-order valence-corrected chi connectivity index (χ1v) is 18.9. The highest BCUT2D eigenvalue weighted by Gasteiger charge is 2.22. The van der Waals surface area contributed by atoms with E-state index < -0.39 is 0 Å². The van der Waals surface area contributed by atoms with Gasteiger partial charge in [-0.2, -0.15) is 0 Å². The summed E-state index contributed by atoms with van der Waals surface area (Å²) in [4.78, 5) is 2.34. The molecule has 0 aliphatic rings. The molecule has 0 atom stereocenters. The minimum Gasteiger partial charge on any atom is -0.456 e. The van der Waals surface area contributed by atoms with Crippen molar-refractivity contribution in [3.63, 3.8) is 0 Å². The minimum absolute atomic E-state index is 0.828. The molecule has 4 nitrogen and oxygen atoms in total. The third-order valence-electron chi connectivity index (χ3n) is 11.3. The van der Waals surface area contributed by atoms with Gasteiger partial charge in [0.25, 0.3) is 0 Å². The van der Waals surface area contributed by atoms with Gasteiger partial charge in [-0.05, 0) is 82.7 Å². The molecule has 3 heterocycles. The number of nitrogens with zero attached hydrogens (tertiary/aromatic N) is 1. The second kappa shape index (κ2) is 12.0. The van der Waals surface area contributed by atoms with Crippen molar-refractivity contribution in [2.75, 3.05) is 4.90 Å². The predicted octanol–water partition coefficient (Wildman–Crippen LogP) is 15.3. The Morgan fingerprint density at radius 1 is 0.304 bits per heavy atom. The third-order valence-corrected chi connectivity index (χ3v) is 11.3. The zero-order valence-corrected chi connectivity index (χ0v) is 30.1. The van der Waals surface area contributed by atoms with Crippen molar-refractivity contribution in [2.24, 2.45) is 0 Å². The first kappa shape index (κ1) is 30.9. The van der Waals surface area contributed by atoms with Gasteiger partial charge in [-0.15, -0.1) is 0 Å². The van der Waals surface area contributed by atoms with E-state index in [0.717, 1.165) is 105 Å². The van der Waals surface area contributed by atoms with Crippen molar-refractivity contribution in [1.82, 2.24) is 0 Å². The number of hydrogen-bond acceptors (Lipinski definition) is 4. The molecule has 4 heteroatoms. The largest absolute Gasteiger partial charge is 0.456 e. The third kappa shape index (κ3) is 4.60. The Hall–Kier alpha value is -7.56. The topological polar surface area (TPSA) is 42.7 Å². The van der Waals surface area contributed by atoms with Gasteiger partial charge >= 0.3 is 0 Å². The van der Waals surface area contributed by atoms with Gasteiger partial charge in [0, 0.05) is 43.9 Å². The Morgan fingerprint density at radius 3 is 1.77 bits per heavy atom. The van der Waals surface area contributed by atoms with Gasteiger partial charge in [-0.25, -0.2) is 0 Å². The normalized spacial score (nSPS) is 11.9. The summed E-state index contributed by atoms with van der Waals surface area (Å²) in [6.45, 7) is 0. The molecule has 9 aromatic carbocycles. The molecule has 0 aliphatic carbocycles. The number of anilines is 3. The molecule has 0 amide bonds. The lowest BCUT2D eigenvalue weighted by Gasteiger charge is -2.26. The summed E-state index contributed by atoms with van der Waals surface area (Å²) in [7, 11) is 0. The Morgan fingerprint density at radius 2 is 0.929 bits per heavy atom. The van der Waals surface area contributed by atoms with Crippen molar-refractivity contribution in [2.45, 2.75) is 0 Å². The average Bonchev–Trinajstić information content (AvgIpc) is 3.96. The lowest BCUT2D eigenvalue weighted by molar-refractivity contribution is 0.663. The van der Waals surface area contributed by atoms with Crippen molar-refractivity contribution in [3.05, 3.63) is 188 Å². The summed E-state index contributed by atoms with van der Waals surface area (Å²) >= 11 is 0. The van der Waals surface area contributed by atoms with Gasteiger partial charge in [-0.1, -0.05) is 127 Å². The molecule has 0 aliphatic heterocycles. The Bertz CT molecular complexity index is 3460. The minimum atomic E-state index is 0.828. The van der Waals surface area contributed by atoms with Crippen molar-refractivity contribution < 1.29 is 13.3 Å². The van der Waals surface area contributed by atoms with Crippen LogP contribution in [0.4, 0.5) is 17.1 Å². The molecule has 0 bridgehead atoms. The first-order valence-electron chi connectivity index (χ1n) is 18.9. The van der Waals surface area contributed by atoms with Crippen molar-refractivity contribution in [1.29, 1.82) is 0 Å². The SMILES string of the molecule is c1ccc(-c2ccc(N(c3ccc(-c4cccc5c4oc4c5ccc5oc6ccccc6c54)cc3)c3cccc4oc5c6ccccc6ccc5c34)cc2)cc1. The van der Waals surface area contributed by atoms with Crippen LogP contribution in [0.1, 0.15) is 0 Å². The van der Waals surface area contributed by atoms with Crippen LogP contribution >= 0.6 is 0 Å². The fourth-order valence-electron chi connectivity index (χ4n) is 8.66. The maximum absolute atomic E-state index is 6.81. The second-order valence-electron chi connectivity index (χ2n) is 14.4. The van der Waals surface area contributed by atoms with Crippen LogP contribution in [0.25, 0.3) is 98.8 Å². The molecule has 0 saturated carbocycles. The molecule has 0 fully saturated rings. The number of rotatable bonds is 5. The smallest absolute Gasteiger partial charge is 0.147 e. The second-order valence-corrected chi connectivity index (χ2v) is 14.4. The first-order chi connectivity index (χ1) is 27.8. The molecular weight excluding hydrogens is 687 g/mol. The molecule has 0 N–H and O–H groups in total. The number of hydrogen-bond donors (Lipinski definition) is 0. The summed E-state index contributed by atoms with van der Waals surface area (Å²) in [5.41, 5.74) is 12.8. The standard InChI is InChI=1S/C52H31NO3/c1-2-10-32(11-3-1)33-20-25-36(26-21-33)53(44-17-9-19-46-48(44)43-29-24-34-12-4-5-13-38(34)51(43)55-46)37-27-22-35(23-28-37)39-15-8-16-40-41-30-31-47-49(52(41)56-50(39)40)42-14-6-7-18-45(42)54-47/h1-31H. The van der Waals surface area contributed by atoms with E-state index in [4.69, 9.17) is 13.3 Å². The van der Waals surface area contributed by atoms with E-state index in [2.05, 4.69) is 175 Å². The quantitative estimate of drug-likeness (QED) is 0.178. The molecule has 0 unspecified atom stereocenters. The van der Waals surface area contributed by atoms with Crippen molar-refractivity contribution in [3.8, 4) is 22.3 Å². The van der Waals surface area contributed by atoms with Gasteiger partial charge in [0.05, 0.1) is 16.5 Å². The summed E-state index contributed by atoms with van der Waals surface area (Å²) < 4.78 is 19.7. The van der Waals surface area contributed by atoms with Gasteiger partial charge in [0.15, 0.2) is 0 Å². The molecule has 0 spiro atoms. The Labute approximate surface area is 321 Å². The van der Waals surface area contributed by atoms with Crippen LogP contribution in [-0.2, 0) is 0 Å². The van der Waals surface area contributed by atoms with Gasteiger partial charge in [-0.3, -0.25) is 0 Å². The van der Waals surface area contributed by atoms with Gasteiger partial charge in [0.1, 0.15) is 33.5 Å². The molecule has 262 valence electrons. The monoisotopic (exact) mass is 717 g/mol. The van der Waals surface area contributed by atoms with Gasteiger partial charge < -0.3 is 18.2 Å². The molecule has 0 radical (unpaired) electrons. The highest BCUT2D eigenvalue weighted by atomic mass is 16.3. The Balaban J connectivity index is 1.03. The van der Waals surface area contributed by atoms with E-state index >= 15 is 0 Å². The fraction of sp³-hybridized carbons (Fsp3) is 0. The lowest BCUT2D eigenvalue weighted by atomic mass is 10.0. The summed E-state index contributed by atoms with van der Waals surface area (Å²) in [6, 6.07) is 66.1. The van der Waals surface area contributed by atoms with Crippen LogP contribution in [0.5, 0.6) is 0 Å². The molecule has 12 aromatic rings. The van der Waals surface area contributed by atoms with Crippen LogP contribution in [-0.4, -0.2) is 0 Å². The number of furan rings is 3. The van der Waals surface area contributed by atoms with E-state index in [-0.39, 0.29) is 0 Å². The summed E-state index contributed by atoms with van der Waals surface area (Å²) in [6.07, 6.45) is 0. The van der Waals surface area contributed by atoms with Crippen LogP contribution in [0.15, 0.2) is 201 Å². The molecule has 56 heavy (non-hydrogen) atoms. The van der Waals surface area contributed by atoms with E-state index in [9.17, 15) is 0 Å². The number of benzene rings is 9. The van der Waals surface area contributed by atoms with Crippen LogP contribution < -0.4 is 4.90 Å².